The van der Waals surface area contributed by atoms with E-state index in [0.29, 0.717) is 31.5 Å². The predicted molar refractivity (Wildman–Crippen MR) is 187 cm³/mol. The van der Waals surface area contributed by atoms with Gasteiger partial charge in [-0.15, -0.1) is 0 Å². The van der Waals surface area contributed by atoms with Crippen LogP contribution in [0.3, 0.4) is 0 Å². The molecule has 11 heteroatoms. The Balaban J connectivity index is 1.70. The van der Waals surface area contributed by atoms with Gasteiger partial charge in [-0.05, 0) is 54.7 Å². The lowest BCUT2D eigenvalue weighted by atomic mass is 9.75. The van der Waals surface area contributed by atoms with Crippen molar-refractivity contribution in [3.8, 4) is 0 Å². The second-order valence-electron chi connectivity index (χ2n) is 12.3. The summed E-state index contributed by atoms with van der Waals surface area (Å²) in [5, 5.41) is 0. The van der Waals surface area contributed by atoms with Crippen LogP contribution in [0.1, 0.15) is 67.5 Å². The Bertz CT molecular complexity index is 1670. The number of ether oxygens (including phenoxy) is 1. The van der Waals surface area contributed by atoms with E-state index < -0.39 is 36.0 Å². The summed E-state index contributed by atoms with van der Waals surface area (Å²) in [4.78, 5) is 40.9. The maximum Gasteiger partial charge on any atom is 0.360 e. The number of nitrogens with one attached hydrogen (secondary N) is 1. The normalized spacial score (nSPS) is 19.4. The van der Waals surface area contributed by atoms with E-state index in [2.05, 4.69) is 53.2 Å². The van der Waals surface area contributed by atoms with Gasteiger partial charge in [0.1, 0.15) is 0 Å². The molecule has 1 saturated heterocycles. The van der Waals surface area contributed by atoms with E-state index in [9.17, 15) is 19.0 Å². The molecule has 0 radical (unpaired) electrons. The standard InChI is InChI=1S/C36H44ClN4O5P/c1-4-5-9-22-31(39(3)47(37,44)45)23-32-25-40(26-33(46-32)41-24-27(2)34(42)38-35(41)43)36(28-16-10-6-11-17-28,29-18-12-7-13-19-29)30-20-14-8-15-21-30/h6-8,10-21,24,31-33H,4-5,9,22-23,25-26H2,1-3H3,(H,44,45)(H,38,42,43)/t31?,32-,33+/m0/s1. The summed E-state index contributed by atoms with van der Waals surface area (Å²) < 4.78 is 22.3. The molecule has 4 atom stereocenters. The minimum atomic E-state index is -4.07. The lowest BCUT2D eigenvalue weighted by Crippen LogP contribution is -2.58. The van der Waals surface area contributed by atoms with E-state index in [1.54, 1.807) is 20.2 Å². The molecule has 0 amide bonds. The maximum absolute atomic E-state index is 13.3. The summed E-state index contributed by atoms with van der Waals surface area (Å²) >= 11 is 6.03. The fraction of sp³-hybridized carbons (Fsp3) is 0.389. The van der Waals surface area contributed by atoms with E-state index in [1.165, 1.54) is 9.24 Å². The number of aromatic nitrogens is 2. The molecule has 9 nitrogen and oxygen atoms in total. The molecule has 2 N–H and O–H groups in total. The number of rotatable bonds is 13. The van der Waals surface area contributed by atoms with Crippen molar-refractivity contribution in [3.63, 3.8) is 0 Å². The van der Waals surface area contributed by atoms with Gasteiger partial charge in [0, 0.05) is 30.9 Å². The highest BCUT2D eigenvalue weighted by atomic mass is 35.7. The van der Waals surface area contributed by atoms with Crippen LogP contribution in [0.15, 0.2) is 107 Å². The number of nitrogens with zero attached hydrogens (tertiary/aromatic N) is 3. The van der Waals surface area contributed by atoms with Crippen molar-refractivity contribution in [2.24, 2.45) is 0 Å². The van der Waals surface area contributed by atoms with Crippen LogP contribution in [0.5, 0.6) is 0 Å². The smallest absolute Gasteiger partial charge is 0.352 e. The first-order valence-corrected chi connectivity index (χ1v) is 18.7. The van der Waals surface area contributed by atoms with Gasteiger partial charge in [0.15, 0.2) is 6.23 Å². The summed E-state index contributed by atoms with van der Waals surface area (Å²) in [6, 6.07) is 30.5. The zero-order valence-electron chi connectivity index (χ0n) is 27.2. The van der Waals surface area contributed by atoms with E-state index in [1.807, 2.05) is 54.6 Å². The second-order valence-corrected chi connectivity index (χ2v) is 15.2. The molecule has 2 heterocycles. The minimum absolute atomic E-state index is 0.310. The Morgan fingerprint density at radius 2 is 1.49 bits per heavy atom. The zero-order valence-corrected chi connectivity index (χ0v) is 28.8. The van der Waals surface area contributed by atoms with Crippen LogP contribution in [0.25, 0.3) is 0 Å². The average molecular weight is 679 g/mol. The molecule has 1 aliphatic rings. The first-order valence-electron chi connectivity index (χ1n) is 16.2. The van der Waals surface area contributed by atoms with Crippen molar-refractivity contribution in [3.05, 3.63) is 140 Å². The Labute approximate surface area is 281 Å². The molecule has 0 spiro atoms. The average Bonchev–Trinajstić information content (AvgIpc) is 3.07. The maximum atomic E-state index is 13.3. The van der Waals surface area contributed by atoms with Gasteiger partial charge >= 0.3 is 12.6 Å². The van der Waals surface area contributed by atoms with Crippen molar-refractivity contribution in [1.82, 2.24) is 19.1 Å². The van der Waals surface area contributed by atoms with Gasteiger partial charge in [0.05, 0.1) is 11.6 Å². The van der Waals surface area contributed by atoms with Crippen LogP contribution in [-0.4, -0.2) is 56.3 Å². The third-order valence-electron chi connectivity index (χ3n) is 9.25. The van der Waals surface area contributed by atoms with Crippen LogP contribution in [0.2, 0.25) is 0 Å². The van der Waals surface area contributed by atoms with E-state index in [4.69, 9.17) is 16.0 Å². The SMILES string of the molecule is CCCCCC(C[C@H]1CN(C(c2ccccc2)(c2ccccc2)c2ccccc2)C[C@H](n2cc(C)c(=O)[nH]c2=O)O1)N(C)P(=O)(O)Cl. The van der Waals surface area contributed by atoms with E-state index in [-0.39, 0.29) is 6.04 Å². The Morgan fingerprint density at radius 1 is 0.957 bits per heavy atom. The van der Waals surface area contributed by atoms with Gasteiger partial charge in [0.25, 0.3) is 5.56 Å². The fourth-order valence-corrected chi connectivity index (χ4v) is 7.84. The fourth-order valence-electron chi connectivity index (χ4n) is 6.85. The van der Waals surface area contributed by atoms with E-state index >= 15 is 0 Å². The van der Waals surface area contributed by atoms with E-state index in [0.717, 1.165) is 36.0 Å². The van der Waals surface area contributed by atoms with Gasteiger partial charge < -0.3 is 9.63 Å². The molecular weight excluding hydrogens is 635 g/mol. The number of H-pyrrole nitrogens is 1. The molecule has 1 aromatic heterocycles. The van der Waals surface area contributed by atoms with Crippen LogP contribution in [0, 0.1) is 6.92 Å². The van der Waals surface area contributed by atoms with Crippen LogP contribution >= 0.6 is 18.1 Å². The zero-order chi connectivity index (χ0) is 33.6. The number of hydrogen-bond acceptors (Lipinski definition) is 5. The molecule has 1 aliphatic heterocycles. The van der Waals surface area contributed by atoms with Gasteiger partial charge in [-0.2, -0.15) is 0 Å². The monoisotopic (exact) mass is 678 g/mol. The quantitative estimate of drug-likeness (QED) is 0.0927. The first kappa shape index (κ1) is 35.0. The van der Waals surface area contributed by atoms with Crippen molar-refractivity contribution >= 4 is 18.1 Å². The van der Waals surface area contributed by atoms with Gasteiger partial charge in [-0.3, -0.25) is 23.8 Å². The Kier molecular flexibility index (Phi) is 11.4. The molecule has 0 saturated carbocycles. The molecule has 4 aromatic rings. The minimum Gasteiger partial charge on any atom is -0.352 e. The summed E-state index contributed by atoms with van der Waals surface area (Å²) in [5.74, 6) is 0. The number of hydrogen-bond donors (Lipinski definition) is 2. The predicted octanol–water partition coefficient (Wildman–Crippen LogP) is 6.65. The number of aryl methyl sites for hydroxylation is 1. The van der Waals surface area contributed by atoms with Crippen molar-refractivity contribution in [1.29, 1.82) is 0 Å². The number of morpholine rings is 1. The van der Waals surface area contributed by atoms with Gasteiger partial charge in [-0.1, -0.05) is 117 Å². The molecule has 1 fully saturated rings. The lowest BCUT2D eigenvalue weighted by molar-refractivity contribution is -0.144. The molecule has 5 rings (SSSR count). The molecule has 0 aliphatic carbocycles. The molecule has 250 valence electrons. The summed E-state index contributed by atoms with van der Waals surface area (Å²) in [7, 11) is 1.58. The highest BCUT2D eigenvalue weighted by Gasteiger charge is 2.47. The number of benzene rings is 3. The van der Waals surface area contributed by atoms with Crippen LogP contribution < -0.4 is 11.2 Å². The molecule has 0 bridgehead atoms. The molecule has 47 heavy (non-hydrogen) atoms. The third kappa shape index (κ3) is 7.72. The summed E-state index contributed by atoms with van der Waals surface area (Å²) in [5.41, 5.74) is 1.71. The second kappa shape index (κ2) is 15.3. The molecule has 2 unspecified atom stereocenters. The third-order valence-corrected chi connectivity index (χ3v) is 11.1. The lowest BCUT2D eigenvalue weighted by Gasteiger charge is -2.51. The first-order chi connectivity index (χ1) is 22.5. The highest BCUT2D eigenvalue weighted by Crippen LogP contribution is 2.52. The largest absolute Gasteiger partial charge is 0.360 e. The van der Waals surface area contributed by atoms with Crippen LogP contribution in [0.4, 0.5) is 0 Å². The van der Waals surface area contributed by atoms with Gasteiger partial charge in [-0.25, -0.2) is 9.46 Å². The van der Waals surface area contributed by atoms with Crippen molar-refractivity contribution in [2.75, 3.05) is 20.1 Å². The van der Waals surface area contributed by atoms with Crippen molar-refractivity contribution < 1.29 is 14.2 Å². The Hall–Kier alpha value is -3.30. The Morgan fingerprint density at radius 3 is 1.98 bits per heavy atom. The van der Waals surface area contributed by atoms with Crippen molar-refractivity contribution in [2.45, 2.75) is 69.9 Å². The highest BCUT2D eigenvalue weighted by molar-refractivity contribution is 7.82. The number of halogens is 1. The summed E-state index contributed by atoms with van der Waals surface area (Å²) in [6.07, 6.45) is 4.21. The number of aromatic amines is 1. The van der Waals surface area contributed by atoms with Crippen LogP contribution in [-0.2, 0) is 14.8 Å². The summed E-state index contributed by atoms with van der Waals surface area (Å²) in [6.45, 7) is 0.460. The molecular formula is C36H44ClN4O5P. The van der Waals surface area contributed by atoms with Gasteiger partial charge in [0.2, 0.25) is 0 Å². The number of unbranched alkanes of at least 4 members (excludes halogenated alkanes) is 2. The topological polar surface area (TPSA) is 108 Å². The molecule has 3 aromatic carbocycles.